The summed E-state index contributed by atoms with van der Waals surface area (Å²) in [6.07, 6.45) is 10.8. The number of amides is 1. The number of benzene rings is 2. The molecule has 5 rings (SSSR count). The van der Waals surface area contributed by atoms with Gasteiger partial charge in [-0.2, -0.15) is 0 Å². The number of nitrogens with zero attached hydrogens (tertiary/aromatic N) is 5. The summed E-state index contributed by atoms with van der Waals surface area (Å²) in [5.74, 6) is 1.36. The van der Waals surface area contributed by atoms with Gasteiger partial charge in [-0.15, -0.1) is 0 Å². The van der Waals surface area contributed by atoms with Gasteiger partial charge in [0.15, 0.2) is 0 Å². The van der Waals surface area contributed by atoms with E-state index in [-0.39, 0.29) is 5.91 Å². The van der Waals surface area contributed by atoms with Crippen LogP contribution in [-0.2, 0) is 4.79 Å². The Labute approximate surface area is 223 Å². The molecule has 0 radical (unpaired) electrons. The lowest BCUT2D eigenvalue weighted by Crippen LogP contribution is -2.29. The third-order valence-electron chi connectivity index (χ3n) is 6.48. The predicted octanol–water partition coefficient (Wildman–Crippen LogP) is 5.48. The van der Waals surface area contributed by atoms with Crippen molar-refractivity contribution in [3.8, 4) is 11.1 Å². The number of fused-ring (bicyclic) bond motifs is 1. The van der Waals surface area contributed by atoms with Crippen molar-refractivity contribution in [2.75, 3.05) is 49.3 Å². The molecule has 0 saturated carbocycles. The maximum Gasteiger partial charge on any atom is 0.248 e. The first-order chi connectivity index (χ1) is 18.5. The Morgan fingerprint density at radius 2 is 1.82 bits per heavy atom. The number of hydrogen-bond acceptors (Lipinski definition) is 7. The molecule has 0 bridgehead atoms. The molecule has 1 amide bonds. The van der Waals surface area contributed by atoms with Crippen LogP contribution in [0.15, 0.2) is 79.1 Å². The van der Waals surface area contributed by atoms with Crippen LogP contribution in [0, 0.1) is 0 Å². The minimum Gasteiger partial charge on any atom is -0.357 e. The topological polar surface area (TPSA) is 86.3 Å². The average Bonchev–Trinajstić information content (AvgIpc) is 2.93. The van der Waals surface area contributed by atoms with Gasteiger partial charge in [0.1, 0.15) is 5.82 Å². The van der Waals surface area contributed by atoms with E-state index in [1.54, 1.807) is 6.08 Å². The van der Waals surface area contributed by atoms with Crippen molar-refractivity contribution in [3.05, 3.63) is 79.1 Å². The number of rotatable bonds is 8. The highest BCUT2D eigenvalue weighted by Gasteiger charge is 2.13. The first-order valence-electron chi connectivity index (χ1n) is 13.0. The maximum atomic E-state index is 12.3. The van der Waals surface area contributed by atoms with Gasteiger partial charge in [0.25, 0.3) is 0 Å². The molecule has 0 atom stereocenters. The lowest BCUT2D eigenvalue weighted by molar-refractivity contribution is -0.111. The third-order valence-corrected chi connectivity index (χ3v) is 6.48. The van der Waals surface area contributed by atoms with Crippen molar-refractivity contribution >= 4 is 40.0 Å². The third kappa shape index (κ3) is 6.33. The highest BCUT2D eigenvalue weighted by Crippen LogP contribution is 2.30. The molecule has 8 heteroatoms. The molecule has 3 heterocycles. The van der Waals surface area contributed by atoms with Crippen LogP contribution in [0.3, 0.4) is 0 Å². The zero-order chi connectivity index (χ0) is 26.3. The van der Waals surface area contributed by atoms with Gasteiger partial charge in [-0.05, 0) is 63.2 Å². The van der Waals surface area contributed by atoms with E-state index in [4.69, 9.17) is 4.98 Å². The number of aromatic nitrogens is 3. The van der Waals surface area contributed by atoms with Crippen LogP contribution in [0.25, 0.3) is 22.0 Å². The lowest BCUT2D eigenvalue weighted by atomic mass is 10.0. The van der Waals surface area contributed by atoms with Crippen molar-refractivity contribution in [1.82, 2.24) is 19.9 Å². The molecule has 194 valence electrons. The van der Waals surface area contributed by atoms with Crippen LogP contribution in [0.4, 0.5) is 23.1 Å². The van der Waals surface area contributed by atoms with Crippen LogP contribution >= 0.6 is 0 Å². The monoisotopic (exact) mass is 507 g/mol. The van der Waals surface area contributed by atoms with E-state index in [2.05, 4.69) is 31.6 Å². The van der Waals surface area contributed by atoms with Crippen LogP contribution in [0.5, 0.6) is 0 Å². The molecular weight excluding hydrogens is 474 g/mol. The van der Waals surface area contributed by atoms with E-state index in [9.17, 15) is 4.79 Å². The van der Waals surface area contributed by atoms with E-state index in [1.807, 2.05) is 86.0 Å². The van der Waals surface area contributed by atoms with Crippen molar-refractivity contribution in [2.24, 2.45) is 0 Å². The first kappa shape index (κ1) is 25.4. The Bertz CT molecular complexity index is 1430. The number of carbonyl (C=O) groups excluding carboxylic acids is 1. The number of hydrogen-bond donors (Lipinski definition) is 2. The van der Waals surface area contributed by atoms with Crippen LogP contribution in [0.1, 0.15) is 19.3 Å². The van der Waals surface area contributed by atoms with Gasteiger partial charge in [-0.3, -0.25) is 4.79 Å². The zero-order valence-electron chi connectivity index (χ0n) is 21.9. The molecule has 1 saturated heterocycles. The summed E-state index contributed by atoms with van der Waals surface area (Å²) in [5, 5.41) is 7.18. The fourth-order valence-electron chi connectivity index (χ4n) is 4.57. The number of carbonyl (C=O) groups is 1. The molecule has 0 unspecified atom stereocenters. The molecule has 8 nitrogen and oxygen atoms in total. The van der Waals surface area contributed by atoms with Gasteiger partial charge in [-0.1, -0.05) is 36.4 Å². The normalized spacial score (nSPS) is 13.8. The van der Waals surface area contributed by atoms with E-state index >= 15 is 0 Å². The summed E-state index contributed by atoms with van der Waals surface area (Å²) in [4.78, 5) is 30.7. The summed E-state index contributed by atoms with van der Waals surface area (Å²) in [7, 11) is 3.92. The predicted molar refractivity (Wildman–Crippen MR) is 155 cm³/mol. The summed E-state index contributed by atoms with van der Waals surface area (Å²) < 4.78 is 0. The summed E-state index contributed by atoms with van der Waals surface area (Å²) in [6.45, 7) is 2.83. The molecular formula is C30H33N7O. The molecule has 1 aliphatic heterocycles. The SMILES string of the molecule is CN(C)C/C=C/C(=O)Nc1cccc(-c2cccc3cnc(Nc4ccc(N5CCCCC5)nc4)nc23)c1. The molecule has 4 aromatic rings. The second-order valence-corrected chi connectivity index (χ2v) is 9.75. The van der Waals surface area contributed by atoms with E-state index < -0.39 is 0 Å². The Morgan fingerprint density at radius 3 is 2.61 bits per heavy atom. The van der Waals surface area contributed by atoms with Crippen LogP contribution < -0.4 is 15.5 Å². The van der Waals surface area contributed by atoms with Gasteiger partial charge in [0.05, 0.1) is 17.4 Å². The maximum absolute atomic E-state index is 12.3. The Morgan fingerprint density at radius 1 is 0.974 bits per heavy atom. The Balaban J connectivity index is 1.35. The van der Waals surface area contributed by atoms with Gasteiger partial charge in [0, 0.05) is 48.5 Å². The number of anilines is 4. The number of piperidine rings is 1. The van der Waals surface area contributed by atoms with Gasteiger partial charge < -0.3 is 20.4 Å². The van der Waals surface area contributed by atoms with Crippen LogP contribution in [-0.4, -0.2) is 59.5 Å². The quantitative estimate of drug-likeness (QED) is 0.305. The largest absolute Gasteiger partial charge is 0.357 e. The highest BCUT2D eigenvalue weighted by molar-refractivity contribution is 6.00. The summed E-state index contributed by atoms with van der Waals surface area (Å²) >= 11 is 0. The number of para-hydroxylation sites is 1. The first-order valence-corrected chi connectivity index (χ1v) is 13.0. The molecule has 2 N–H and O–H groups in total. The van der Waals surface area contributed by atoms with Gasteiger partial charge in [-0.25, -0.2) is 15.0 Å². The van der Waals surface area contributed by atoms with Gasteiger partial charge in [0.2, 0.25) is 11.9 Å². The Hall–Kier alpha value is -4.30. The highest BCUT2D eigenvalue weighted by atomic mass is 16.1. The fraction of sp³-hybridized carbons (Fsp3) is 0.267. The lowest BCUT2D eigenvalue weighted by Gasteiger charge is -2.27. The number of pyridine rings is 1. The zero-order valence-corrected chi connectivity index (χ0v) is 21.9. The van der Waals surface area contributed by atoms with E-state index in [0.717, 1.165) is 52.3 Å². The smallest absolute Gasteiger partial charge is 0.248 e. The summed E-state index contributed by atoms with van der Waals surface area (Å²) in [5.41, 5.74) is 4.33. The molecule has 2 aromatic carbocycles. The standard InChI is InChI=1S/C30H33N7O/c1-36(2)16-8-13-28(38)33-24-11-6-9-22(19-24)26-12-7-10-23-20-32-30(35-29(23)26)34-25-14-15-27(31-21-25)37-17-4-3-5-18-37/h6-15,19-21H,3-5,16-18H2,1-2H3,(H,33,38)(H,32,34,35)/b13-8+. The Kier molecular flexibility index (Phi) is 7.89. The summed E-state index contributed by atoms with van der Waals surface area (Å²) in [6, 6.07) is 17.9. The van der Waals surface area contributed by atoms with Crippen molar-refractivity contribution in [2.45, 2.75) is 19.3 Å². The molecule has 0 spiro atoms. The van der Waals surface area contributed by atoms with E-state index in [0.29, 0.717) is 12.5 Å². The second-order valence-electron chi connectivity index (χ2n) is 9.75. The molecule has 1 aliphatic rings. The van der Waals surface area contributed by atoms with Gasteiger partial charge >= 0.3 is 0 Å². The van der Waals surface area contributed by atoms with Crippen molar-refractivity contribution < 1.29 is 4.79 Å². The second kappa shape index (κ2) is 11.8. The minimum atomic E-state index is -0.157. The van der Waals surface area contributed by atoms with Crippen LogP contribution in [0.2, 0.25) is 0 Å². The van der Waals surface area contributed by atoms with E-state index in [1.165, 1.54) is 19.3 Å². The van der Waals surface area contributed by atoms with Crippen molar-refractivity contribution in [1.29, 1.82) is 0 Å². The average molecular weight is 508 g/mol. The van der Waals surface area contributed by atoms with Crippen molar-refractivity contribution in [3.63, 3.8) is 0 Å². The molecule has 2 aromatic heterocycles. The fourth-order valence-corrected chi connectivity index (χ4v) is 4.57. The number of likely N-dealkylation sites (N-methyl/N-ethyl adjacent to an activating group) is 1. The minimum absolute atomic E-state index is 0.157. The number of nitrogens with one attached hydrogen (secondary N) is 2. The molecule has 1 fully saturated rings. The molecule has 0 aliphatic carbocycles. The molecule has 38 heavy (non-hydrogen) atoms.